The molecular weight excluding hydrogens is 328 g/mol. The standard InChI is InChI=1S/C21H28N2O3/c1-14-6-8-15(9-7-14)19(22)20(24)23-13-21(2,3)16-10-11-17(25-4)18(12-16)26-5/h6-12,19H,13,22H2,1-5H3,(H,23,24). The SMILES string of the molecule is COc1ccc(C(C)(C)CNC(=O)C(N)c2ccc(C)cc2)cc1OC. The lowest BCUT2D eigenvalue weighted by Crippen LogP contribution is -2.41. The first kappa shape index (κ1) is 19.8. The molecule has 0 radical (unpaired) electrons. The number of nitrogens with one attached hydrogen (secondary N) is 1. The van der Waals surface area contributed by atoms with Gasteiger partial charge in [0, 0.05) is 12.0 Å². The van der Waals surface area contributed by atoms with Crippen LogP contribution in [0.5, 0.6) is 11.5 Å². The van der Waals surface area contributed by atoms with Crippen LogP contribution >= 0.6 is 0 Å². The third-order valence-corrected chi connectivity index (χ3v) is 4.59. The first-order valence-corrected chi connectivity index (χ1v) is 8.61. The summed E-state index contributed by atoms with van der Waals surface area (Å²) < 4.78 is 10.7. The fraction of sp³-hybridized carbons (Fsp3) is 0.381. The highest BCUT2D eigenvalue weighted by Crippen LogP contribution is 2.33. The molecule has 0 saturated heterocycles. The van der Waals surface area contributed by atoms with E-state index in [1.54, 1.807) is 14.2 Å². The van der Waals surface area contributed by atoms with E-state index < -0.39 is 6.04 Å². The van der Waals surface area contributed by atoms with E-state index in [0.29, 0.717) is 18.0 Å². The normalized spacial score (nSPS) is 12.4. The monoisotopic (exact) mass is 356 g/mol. The van der Waals surface area contributed by atoms with E-state index >= 15 is 0 Å². The molecule has 5 heteroatoms. The Morgan fingerprint density at radius 2 is 1.69 bits per heavy atom. The van der Waals surface area contributed by atoms with Crippen molar-refractivity contribution in [1.82, 2.24) is 5.32 Å². The van der Waals surface area contributed by atoms with Crippen LogP contribution in [0.15, 0.2) is 42.5 Å². The summed E-state index contributed by atoms with van der Waals surface area (Å²) in [6.07, 6.45) is 0. The fourth-order valence-corrected chi connectivity index (χ4v) is 2.70. The fourth-order valence-electron chi connectivity index (χ4n) is 2.70. The van der Waals surface area contributed by atoms with Gasteiger partial charge in [0.05, 0.1) is 14.2 Å². The van der Waals surface area contributed by atoms with Crippen molar-refractivity contribution in [2.75, 3.05) is 20.8 Å². The van der Waals surface area contributed by atoms with Gasteiger partial charge in [-0.3, -0.25) is 4.79 Å². The predicted molar refractivity (Wildman–Crippen MR) is 104 cm³/mol. The summed E-state index contributed by atoms with van der Waals surface area (Å²) in [4.78, 5) is 12.4. The third kappa shape index (κ3) is 4.55. The van der Waals surface area contributed by atoms with E-state index in [9.17, 15) is 4.79 Å². The second-order valence-electron chi connectivity index (χ2n) is 7.06. The Labute approximate surface area is 155 Å². The highest BCUT2D eigenvalue weighted by molar-refractivity contribution is 5.83. The van der Waals surface area contributed by atoms with Crippen molar-refractivity contribution in [2.24, 2.45) is 5.73 Å². The minimum Gasteiger partial charge on any atom is -0.493 e. The van der Waals surface area contributed by atoms with Crippen molar-refractivity contribution in [2.45, 2.75) is 32.2 Å². The van der Waals surface area contributed by atoms with Crippen molar-refractivity contribution in [3.8, 4) is 11.5 Å². The van der Waals surface area contributed by atoms with E-state index in [2.05, 4.69) is 19.2 Å². The zero-order valence-electron chi connectivity index (χ0n) is 16.1. The molecule has 0 aliphatic carbocycles. The summed E-state index contributed by atoms with van der Waals surface area (Å²) in [6, 6.07) is 12.8. The van der Waals surface area contributed by atoms with Crippen molar-refractivity contribution in [3.05, 3.63) is 59.2 Å². The summed E-state index contributed by atoms with van der Waals surface area (Å²) >= 11 is 0. The molecule has 0 bridgehead atoms. The lowest BCUT2D eigenvalue weighted by Gasteiger charge is -2.27. The highest BCUT2D eigenvalue weighted by Gasteiger charge is 2.25. The Morgan fingerprint density at radius 3 is 2.27 bits per heavy atom. The van der Waals surface area contributed by atoms with Crippen LogP contribution in [0.25, 0.3) is 0 Å². The zero-order valence-corrected chi connectivity index (χ0v) is 16.1. The number of ether oxygens (including phenoxy) is 2. The van der Waals surface area contributed by atoms with Crippen LogP contribution in [0, 0.1) is 6.92 Å². The number of hydrogen-bond donors (Lipinski definition) is 2. The number of nitrogens with two attached hydrogens (primary N) is 1. The minimum atomic E-state index is -0.684. The molecule has 0 aromatic heterocycles. The number of rotatable bonds is 7. The largest absolute Gasteiger partial charge is 0.493 e. The molecule has 2 rings (SSSR count). The van der Waals surface area contributed by atoms with Crippen LogP contribution in [0.1, 0.15) is 36.6 Å². The summed E-state index contributed by atoms with van der Waals surface area (Å²) in [5.41, 5.74) is 8.78. The van der Waals surface area contributed by atoms with Crippen LogP contribution in [0.2, 0.25) is 0 Å². The molecule has 1 unspecified atom stereocenters. The molecule has 2 aromatic rings. The molecule has 26 heavy (non-hydrogen) atoms. The smallest absolute Gasteiger partial charge is 0.241 e. The number of benzene rings is 2. The molecule has 1 amide bonds. The Morgan fingerprint density at radius 1 is 1.08 bits per heavy atom. The van der Waals surface area contributed by atoms with Crippen LogP contribution in [0.3, 0.4) is 0 Å². The Bertz CT molecular complexity index is 754. The minimum absolute atomic E-state index is 0.192. The molecular formula is C21H28N2O3. The van der Waals surface area contributed by atoms with Crippen molar-refractivity contribution in [3.63, 3.8) is 0 Å². The maximum atomic E-state index is 12.4. The van der Waals surface area contributed by atoms with Gasteiger partial charge in [-0.25, -0.2) is 0 Å². The van der Waals surface area contributed by atoms with E-state index in [-0.39, 0.29) is 11.3 Å². The number of carbonyl (C=O) groups is 1. The van der Waals surface area contributed by atoms with Gasteiger partial charge in [-0.15, -0.1) is 0 Å². The van der Waals surface area contributed by atoms with Crippen molar-refractivity contribution < 1.29 is 14.3 Å². The predicted octanol–water partition coefficient (Wildman–Crippen LogP) is 3.11. The molecule has 0 heterocycles. The highest BCUT2D eigenvalue weighted by atomic mass is 16.5. The molecule has 0 aliphatic heterocycles. The van der Waals surface area contributed by atoms with Gasteiger partial charge in [-0.1, -0.05) is 49.7 Å². The van der Waals surface area contributed by atoms with Crippen LogP contribution in [-0.4, -0.2) is 26.7 Å². The summed E-state index contributed by atoms with van der Waals surface area (Å²) in [5, 5.41) is 2.96. The van der Waals surface area contributed by atoms with Crippen LogP contribution in [0.4, 0.5) is 0 Å². The van der Waals surface area contributed by atoms with E-state index in [1.807, 2.05) is 49.4 Å². The summed E-state index contributed by atoms with van der Waals surface area (Å²) in [6.45, 7) is 6.58. The summed E-state index contributed by atoms with van der Waals surface area (Å²) in [5.74, 6) is 1.15. The van der Waals surface area contributed by atoms with Gasteiger partial charge in [0.2, 0.25) is 5.91 Å². The van der Waals surface area contributed by atoms with Gasteiger partial charge in [0.25, 0.3) is 0 Å². The number of hydrogen-bond acceptors (Lipinski definition) is 4. The molecule has 0 fully saturated rings. The molecule has 140 valence electrons. The van der Waals surface area contributed by atoms with Gasteiger partial charge >= 0.3 is 0 Å². The van der Waals surface area contributed by atoms with Gasteiger partial charge in [0.15, 0.2) is 11.5 Å². The average molecular weight is 356 g/mol. The Hall–Kier alpha value is -2.53. The second-order valence-corrected chi connectivity index (χ2v) is 7.06. The van der Waals surface area contributed by atoms with E-state index in [4.69, 9.17) is 15.2 Å². The van der Waals surface area contributed by atoms with Crippen molar-refractivity contribution in [1.29, 1.82) is 0 Å². The van der Waals surface area contributed by atoms with Gasteiger partial charge < -0.3 is 20.5 Å². The van der Waals surface area contributed by atoms with E-state index in [0.717, 1.165) is 16.7 Å². The summed E-state index contributed by atoms with van der Waals surface area (Å²) in [7, 11) is 3.21. The Balaban J connectivity index is 2.07. The average Bonchev–Trinajstić information content (AvgIpc) is 2.65. The quantitative estimate of drug-likeness (QED) is 0.799. The number of aryl methyl sites for hydroxylation is 1. The van der Waals surface area contributed by atoms with Crippen molar-refractivity contribution >= 4 is 5.91 Å². The zero-order chi connectivity index (χ0) is 19.3. The topological polar surface area (TPSA) is 73.6 Å². The van der Waals surface area contributed by atoms with Crippen LogP contribution in [-0.2, 0) is 10.2 Å². The number of methoxy groups -OCH3 is 2. The number of carbonyl (C=O) groups excluding carboxylic acids is 1. The number of amides is 1. The first-order valence-electron chi connectivity index (χ1n) is 8.61. The molecule has 0 aliphatic rings. The van der Waals surface area contributed by atoms with Crippen LogP contribution < -0.4 is 20.5 Å². The third-order valence-electron chi connectivity index (χ3n) is 4.59. The molecule has 1 atom stereocenters. The first-order chi connectivity index (χ1) is 12.3. The maximum absolute atomic E-state index is 12.4. The molecule has 3 N–H and O–H groups in total. The second kappa shape index (κ2) is 8.23. The molecule has 5 nitrogen and oxygen atoms in total. The van der Waals surface area contributed by atoms with E-state index in [1.165, 1.54) is 0 Å². The van der Waals surface area contributed by atoms with Gasteiger partial charge in [0.1, 0.15) is 6.04 Å². The lowest BCUT2D eigenvalue weighted by atomic mass is 9.84. The maximum Gasteiger partial charge on any atom is 0.241 e. The molecule has 2 aromatic carbocycles. The Kier molecular flexibility index (Phi) is 6.27. The van der Waals surface area contributed by atoms with Gasteiger partial charge in [-0.2, -0.15) is 0 Å². The molecule has 0 saturated carbocycles. The molecule has 0 spiro atoms. The van der Waals surface area contributed by atoms with Gasteiger partial charge in [-0.05, 0) is 30.2 Å². The lowest BCUT2D eigenvalue weighted by molar-refractivity contribution is -0.122.